The van der Waals surface area contributed by atoms with Crippen LogP contribution in [0.4, 0.5) is 17.1 Å². The number of anilines is 3. The molecular formula is C52H32N2O. The Bertz CT molecular complexity index is 3190. The summed E-state index contributed by atoms with van der Waals surface area (Å²) in [5.74, 6) is 0. The van der Waals surface area contributed by atoms with Crippen LogP contribution in [0.1, 0.15) is 0 Å². The minimum absolute atomic E-state index is 0.809. The van der Waals surface area contributed by atoms with E-state index in [0.29, 0.717) is 0 Å². The highest BCUT2D eigenvalue weighted by Gasteiger charge is 2.19. The minimum atomic E-state index is 0.809. The first-order valence-electron chi connectivity index (χ1n) is 18.6. The second-order valence-electron chi connectivity index (χ2n) is 14.0. The van der Waals surface area contributed by atoms with Crippen LogP contribution >= 0.6 is 0 Å². The van der Waals surface area contributed by atoms with Crippen LogP contribution in [0, 0.1) is 12.1 Å². The zero-order valence-corrected chi connectivity index (χ0v) is 29.8. The number of furan rings is 1. The van der Waals surface area contributed by atoms with Crippen molar-refractivity contribution in [1.29, 1.82) is 0 Å². The van der Waals surface area contributed by atoms with E-state index in [-0.39, 0.29) is 0 Å². The Morgan fingerprint density at radius 1 is 0.455 bits per heavy atom. The third kappa shape index (κ3) is 5.08. The van der Waals surface area contributed by atoms with Gasteiger partial charge in [-0.05, 0) is 100 Å². The van der Waals surface area contributed by atoms with Gasteiger partial charge in [0.05, 0.1) is 22.1 Å². The van der Waals surface area contributed by atoms with Gasteiger partial charge < -0.3 is 13.9 Å². The van der Waals surface area contributed by atoms with Crippen molar-refractivity contribution in [2.24, 2.45) is 0 Å². The largest absolute Gasteiger partial charge is 0.455 e. The summed E-state index contributed by atoms with van der Waals surface area (Å²) in [4.78, 5) is 2.31. The van der Waals surface area contributed by atoms with E-state index in [1.807, 2.05) is 12.1 Å². The molecule has 3 nitrogen and oxygen atoms in total. The maximum atomic E-state index is 6.17. The Morgan fingerprint density at radius 2 is 1.13 bits per heavy atom. The molecule has 0 amide bonds. The Balaban J connectivity index is 1.05. The van der Waals surface area contributed by atoms with Crippen LogP contribution in [0.15, 0.2) is 199 Å². The van der Waals surface area contributed by atoms with Gasteiger partial charge in [0.15, 0.2) is 0 Å². The molecule has 0 spiro atoms. The lowest BCUT2D eigenvalue weighted by Gasteiger charge is -2.26. The van der Waals surface area contributed by atoms with Crippen molar-refractivity contribution in [2.75, 3.05) is 4.90 Å². The molecule has 9 aromatic carbocycles. The Morgan fingerprint density at radius 3 is 1.96 bits per heavy atom. The lowest BCUT2D eigenvalue weighted by Crippen LogP contribution is -2.09. The van der Waals surface area contributed by atoms with E-state index in [2.05, 4.69) is 204 Å². The number of hydrogen-bond acceptors (Lipinski definition) is 2. The molecule has 55 heavy (non-hydrogen) atoms. The third-order valence-electron chi connectivity index (χ3n) is 10.8. The molecule has 11 rings (SSSR count). The first-order valence-corrected chi connectivity index (χ1v) is 18.6. The second kappa shape index (κ2) is 12.6. The van der Waals surface area contributed by atoms with Gasteiger partial charge in [0.2, 0.25) is 0 Å². The van der Waals surface area contributed by atoms with Crippen molar-refractivity contribution in [1.82, 2.24) is 4.57 Å². The quantitative estimate of drug-likeness (QED) is 0.172. The Kier molecular flexibility index (Phi) is 7.08. The summed E-state index contributed by atoms with van der Waals surface area (Å²) in [7, 11) is 0. The zero-order chi connectivity index (χ0) is 36.3. The van der Waals surface area contributed by atoms with E-state index in [4.69, 9.17) is 4.42 Å². The van der Waals surface area contributed by atoms with Crippen molar-refractivity contribution in [3.63, 3.8) is 0 Å². The van der Waals surface area contributed by atoms with Crippen LogP contribution in [0.5, 0.6) is 0 Å². The van der Waals surface area contributed by atoms with Crippen LogP contribution < -0.4 is 4.90 Å². The highest BCUT2D eigenvalue weighted by Crippen LogP contribution is 2.42. The number of aromatic nitrogens is 1. The van der Waals surface area contributed by atoms with Gasteiger partial charge in [0.1, 0.15) is 11.2 Å². The Hall–Kier alpha value is -7.54. The molecular weight excluding hydrogens is 669 g/mol. The monoisotopic (exact) mass is 700 g/mol. The number of nitrogens with zero attached hydrogens (tertiary/aromatic N) is 2. The number of hydrogen-bond donors (Lipinski definition) is 0. The van der Waals surface area contributed by atoms with E-state index in [1.54, 1.807) is 0 Å². The summed E-state index contributed by atoms with van der Waals surface area (Å²) < 4.78 is 8.60. The molecule has 0 bridgehead atoms. The normalized spacial score (nSPS) is 11.5. The number of rotatable bonds is 6. The van der Waals surface area contributed by atoms with Crippen LogP contribution in [0.3, 0.4) is 0 Å². The SMILES string of the molecule is c1ccc2oc3ccc(N(c4ccc(-c5ccccc5)cc4)c4ccc(-c5ccccc5-n5c6ccccc6c6c7ccccc7ccc65)cc4)cc3c2c#1. The number of para-hydroxylation sites is 2. The van der Waals surface area contributed by atoms with E-state index in [1.165, 1.54) is 49.3 Å². The fraction of sp³-hybridized carbons (Fsp3) is 0. The zero-order valence-electron chi connectivity index (χ0n) is 29.8. The smallest absolute Gasteiger partial charge is 0.144 e. The topological polar surface area (TPSA) is 21.3 Å². The molecule has 0 atom stereocenters. The van der Waals surface area contributed by atoms with E-state index in [9.17, 15) is 0 Å². The molecule has 2 aromatic heterocycles. The van der Waals surface area contributed by atoms with Gasteiger partial charge in [-0.1, -0.05) is 133 Å². The summed E-state index contributed by atoms with van der Waals surface area (Å²) in [6, 6.07) is 75.6. The maximum Gasteiger partial charge on any atom is 0.144 e. The predicted molar refractivity (Wildman–Crippen MR) is 229 cm³/mol. The molecule has 0 N–H and O–H groups in total. The van der Waals surface area contributed by atoms with Crippen LogP contribution in [-0.4, -0.2) is 4.57 Å². The maximum absolute atomic E-state index is 6.17. The summed E-state index contributed by atoms with van der Waals surface area (Å²) in [5.41, 5.74) is 13.0. The summed E-state index contributed by atoms with van der Waals surface area (Å²) >= 11 is 0. The lowest BCUT2D eigenvalue weighted by molar-refractivity contribution is 0.669. The van der Waals surface area contributed by atoms with Crippen molar-refractivity contribution >= 4 is 71.6 Å². The van der Waals surface area contributed by atoms with Crippen molar-refractivity contribution in [3.8, 4) is 27.9 Å². The minimum Gasteiger partial charge on any atom is -0.455 e. The highest BCUT2D eigenvalue weighted by molar-refractivity contribution is 6.21. The number of benzene rings is 8. The average molecular weight is 701 g/mol. The predicted octanol–water partition coefficient (Wildman–Crippen LogP) is 14.2. The van der Waals surface area contributed by atoms with Crippen LogP contribution in [-0.2, 0) is 0 Å². The second-order valence-corrected chi connectivity index (χ2v) is 14.0. The number of fused-ring (bicyclic) bond motifs is 8. The van der Waals surface area contributed by atoms with Gasteiger partial charge in [-0.2, -0.15) is 0 Å². The van der Waals surface area contributed by atoms with E-state index >= 15 is 0 Å². The van der Waals surface area contributed by atoms with Gasteiger partial charge in [0.25, 0.3) is 0 Å². The first kappa shape index (κ1) is 31.0. The molecule has 0 aliphatic carbocycles. The molecule has 256 valence electrons. The molecule has 0 saturated carbocycles. The summed E-state index contributed by atoms with van der Waals surface area (Å²) in [6.07, 6.45) is 0. The lowest BCUT2D eigenvalue weighted by atomic mass is 10.0. The summed E-state index contributed by atoms with van der Waals surface area (Å²) in [5, 5.41) is 7.00. The molecule has 3 heteroatoms. The Labute approximate surface area is 318 Å². The standard InChI is InChI=1S/C52H32N2O/c1-2-12-35(13-3-1)36-22-27-39(28-23-36)53(41-31-33-51-46(34-41)44-17-8-11-21-50(44)55-51)40-29-24-38(25-30-40)42-15-6-9-19-47(42)54-48-20-10-7-18-45(48)52-43-16-5-4-14-37(43)26-32-49(52)54/h1-7,9-16,18-34H. The van der Waals surface area contributed by atoms with Crippen molar-refractivity contribution < 1.29 is 4.42 Å². The molecule has 0 aliphatic rings. The average Bonchev–Trinajstić information content (AvgIpc) is 3.80. The fourth-order valence-electron chi connectivity index (χ4n) is 8.30. The molecule has 0 fully saturated rings. The molecule has 0 saturated heterocycles. The van der Waals surface area contributed by atoms with Gasteiger partial charge in [-0.3, -0.25) is 0 Å². The van der Waals surface area contributed by atoms with Gasteiger partial charge >= 0.3 is 0 Å². The molecule has 11 aromatic rings. The van der Waals surface area contributed by atoms with Gasteiger partial charge in [0, 0.05) is 38.8 Å². The first-order chi connectivity index (χ1) is 27.3. The summed E-state index contributed by atoms with van der Waals surface area (Å²) in [6.45, 7) is 0. The van der Waals surface area contributed by atoms with Crippen LogP contribution in [0.25, 0.3) is 82.5 Å². The van der Waals surface area contributed by atoms with Crippen molar-refractivity contribution in [3.05, 3.63) is 206 Å². The fourth-order valence-corrected chi connectivity index (χ4v) is 8.30. The van der Waals surface area contributed by atoms with E-state index in [0.717, 1.165) is 50.3 Å². The van der Waals surface area contributed by atoms with E-state index < -0.39 is 0 Å². The molecule has 0 unspecified atom stereocenters. The van der Waals surface area contributed by atoms with Crippen LogP contribution in [0.2, 0.25) is 0 Å². The van der Waals surface area contributed by atoms with Crippen molar-refractivity contribution in [2.45, 2.75) is 0 Å². The highest BCUT2D eigenvalue weighted by atomic mass is 16.3. The molecule has 2 heterocycles. The molecule has 0 radical (unpaired) electrons. The van der Waals surface area contributed by atoms with Gasteiger partial charge in [-0.15, -0.1) is 0 Å². The van der Waals surface area contributed by atoms with Gasteiger partial charge in [-0.25, -0.2) is 0 Å². The third-order valence-corrected chi connectivity index (χ3v) is 10.8. The molecule has 0 aliphatic heterocycles.